The molecule has 27 heavy (non-hydrogen) atoms. The van der Waals surface area contributed by atoms with Gasteiger partial charge in [0.2, 0.25) is 0 Å². The van der Waals surface area contributed by atoms with E-state index in [2.05, 4.69) is 36.7 Å². The van der Waals surface area contributed by atoms with E-state index < -0.39 is 5.82 Å². The molecule has 0 unspecified atom stereocenters. The molecule has 9 heteroatoms. The second kappa shape index (κ2) is 8.92. The Hall–Kier alpha value is -2.52. The van der Waals surface area contributed by atoms with Crippen molar-refractivity contribution in [3.8, 4) is 11.4 Å². The minimum Gasteiger partial charge on any atom is -0.305 e. The minimum atomic E-state index is -0.399. The van der Waals surface area contributed by atoms with Gasteiger partial charge in [-0.2, -0.15) is 5.10 Å². The summed E-state index contributed by atoms with van der Waals surface area (Å²) in [6.45, 7) is 0. The summed E-state index contributed by atoms with van der Waals surface area (Å²) in [5.74, 6) is 0.106. The zero-order valence-corrected chi connectivity index (χ0v) is 16.7. The fourth-order valence-electron chi connectivity index (χ4n) is 2.21. The second-order valence-corrected chi connectivity index (χ2v) is 7.33. The van der Waals surface area contributed by atoms with E-state index in [1.54, 1.807) is 18.2 Å². The van der Waals surface area contributed by atoms with E-state index in [9.17, 15) is 9.18 Å². The molecule has 0 aliphatic carbocycles. The van der Waals surface area contributed by atoms with Gasteiger partial charge in [0, 0.05) is 22.6 Å². The molecule has 0 aliphatic heterocycles. The Kier molecular flexibility index (Phi) is 6.36. The van der Waals surface area contributed by atoms with Crippen molar-refractivity contribution in [1.29, 1.82) is 0 Å². The topological polar surface area (TPSA) is 72.2 Å². The molecule has 0 bridgehead atoms. The number of benzene rings is 2. The molecule has 3 aromatic rings. The molecule has 3 rings (SSSR count). The van der Waals surface area contributed by atoms with Crippen molar-refractivity contribution in [3.05, 3.63) is 64.4 Å². The molecule has 0 atom stereocenters. The van der Waals surface area contributed by atoms with Crippen LogP contribution < -0.4 is 5.43 Å². The lowest BCUT2D eigenvalue weighted by Gasteiger charge is -2.04. The van der Waals surface area contributed by atoms with Crippen molar-refractivity contribution in [1.82, 2.24) is 20.2 Å². The fraction of sp³-hybridized carbons (Fsp3) is 0.111. The summed E-state index contributed by atoms with van der Waals surface area (Å²) in [5.41, 5.74) is 3.61. The largest absolute Gasteiger partial charge is 0.305 e. The van der Waals surface area contributed by atoms with Gasteiger partial charge >= 0.3 is 0 Å². The predicted octanol–water partition coefficient (Wildman–Crippen LogP) is 3.63. The van der Waals surface area contributed by atoms with E-state index in [1.807, 2.05) is 35.9 Å². The van der Waals surface area contributed by atoms with Crippen LogP contribution in [-0.4, -0.2) is 32.6 Å². The molecule has 0 aliphatic rings. The van der Waals surface area contributed by atoms with E-state index in [0.29, 0.717) is 16.5 Å². The molecule has 138 valence electrons. The summed E-state index contributed by atoms with van der Waals surface area (Å²) in [5, 5.41) is 12.7. The molecule has 0 saturated heterocycles. The van der Waals surface area contributed by atoms with Gasteiger partial charge in [-0.1, -0.05) is 58.0 Å². The average molecular weight is 448 g/mol. The van der Waals surface area contributed by atoms with E-state index >= 15 is 0 Å². The summed E-state index contributed by atoms with van der Waals surface area (Å²) < 4.78 is 16.3. The second-order valence-electron chi connectivity index (χ2n) is 5.48. The predicted molar refractivity (Wildman–Crippen MR) is 107 cm³/mol. The number of halogens is 2. The van der Waals surface area contributed by atoms with Crippen molar-refractivity contribution >= 4 is 39.8 Å². The normalized spacial score (nSPS) is 11.1. The Bertz CT molecular complexity index is 974. The van der Waals surface area contributed by atoms with Crippen molar-refractivity contribution in [2.75, 3.05) is 5.75 Å². The van der Waals surface area contributed by atoms with Gasteiger partial charge in [0.15, 0.2) is 11.0 Å². The highest BCUT2D eigenvalue weighted by molar-refractivity contribution is 9.10. The summed E-state index contributed by atoms with van der Waals surface area (Å²) >= 11 is 4.64. The third kappa shape index (κ3) is 5.01. The third-order valence-corrected chi connectivity index (χ3v) is 5.12. The zero-order chi connectivity index (χ0) is 19.2. The van der Waals surface area contributed by atoms with Crippen LogP contribution in [0.25, 0.3) is 11.4 Å². The highest BCUT2D eigenvalue weighted by Gasteiger charge is 2.12. The van der Waals surface area contributed by atoms with Crippen LogP contribution >= 0.6 is 27.7 Å². The van der Waals surface area contributed by atoms with Crippen LogP contribution in [0.3, 0.4) is 0 Å². The van der Waals surface area contributed by atoms with Crippen LogP contribution in [-0.2, 0) is 11.8 Å². The molecule has 1 N–H and O–H groups in total. The summed E-state index contributed by atoms with van der Waals surface area (Å²) in [6.07, 6.45) is 1.27. The number of amides is 1. The monoisotopic (exact) mass is 447 g/mol. The molecule has 1 amide bonds. The summed E-state index contributed by atoms with van der Waals surface area (Å²) in [6, 6.07) is 13.9. The highest BCUT2D eigenvalue weighted by atomic mass is 79.9. The number of thioether (sulfide) groups is 1. The summed E-state index contributed by atoms with van der Waals surface area (Å²) in [7, 11) is 1.84. The quantitative estimate of drug-likeness (QED) is 0.355. The first-order valence-corrected chi connectivity index (χ1v) is 9.67. The van der Waals surface area contributed by atoms with Crippen LogP contribution in [0.5, 0.6) is 0 Å². The Morgan fingerprint density at radius 2 is 2.00 bits per heavy atom. The van der Waals surface area contributed by atoms with E-state index in [-0.39, 0.29) is 11.7 Å². The molecule has 0 saturated carbocycles. The van der Waals surface area contributed by atoms with Crippen LogP contribution in [0.15, 0.2) is 63.3 Å². The maximum atomic E-state index is 13.5. The van der Waals surface area contributed by atoms with Gasteiger partial charge < -0.3 is 4.57 Å². The molecule has 0 spiro atoms. The van der Waals surface area contributed by atoms with Gasteiger partial charge in [0.1, 0.15) is 5.82 Å². The maximum Gasteiger partial charge on any atom is 0.250 e. The first-order valence-electron chi connectivity index (χ1n) is 7.89. The van der Waals surface area contributed by atoms with Gasteiger partial charge in [-0.05, 0) is 18.2 Å². The number of carbonyl (C=O) groups excluding carboxylic acids is 1. The fourth-order valence-corrected chi connectivity index (χ4v) is 3.17. The SMILES string of the molecule is Cn1c(SCC(=O)N/N=C\c2ccccc2F)nnc1-c1ccc(Br)cc1. The van der Waals surface area contributed by atoms with Crippen molar-refractivity contribution in [2.45, 2.75) is 5.16 Å². The third-order valence-electron chi connectivity index (χ3n) is 3.57. The number of nitrogens with one attached hydrogen (secondary N) is 1. The van der Waals surface area contributed by atoms with Crippen molar-refractivity contribution < 1.29 is 9.18 Å². The lowest BCUT2D eigenvalue weighted by atomic mass is 10.2. The molecular formula is C18H15BrFN5OS. The molecular weight excluding hydrogens is 433 g/mol. The number of carbonyl (C=O) groups is 1. The van der Waals surface area contributed by atoms with Gasteiger partial charge in [0.05, 0.1) is 12.0 Å². The molecule has 0 radical (unpaired) electrons. The molecule has 2 aromatic carbocycles. The number of hydrogen-bond acceptors (Lipinski definition) is 5. The number of hydrazone groups is 1. The van der Waals surface area contributed by atoms with Crippen LogP contribution in [0.4, 0.5) is 4.39 Å². The zero-order valence-electron chi connectivity index (χ0n) is 14.3. The summed E-state index contributed by atoms with van der Waals surface area (Å²) in [4.78, 5) is 11.9. The Morgan fingerprint density at radius 1 is 1.26 bits per heavy atom. The van der Waals surface area contributed by atoms with Crippen LogP contribution in [0, 0.1) is 5.82 Å². The number of nitrogens with zero attached hydrogens (tertiary/aromatic N) is 4. The number of rotatable bonds is 6. The van der Waals surface area contributed by atoms with Gasteiger partial charge in [-0.3, -0.25) is 4.79 Å². The number of hydrogen-bond donors (Lipinski definition) is 1. The standard InChI is InChI=1S/C18H15BrFN5OS/c1-25-17(12-6-8-14(19)9-7-12)23-24-18(25)27-11-16(26)22-21-10-13-4-2-3-5-15(13)20/h2-10H,11H2,1H3,(H,22,26)/b21-10-. The first kappa shape index (κ1) is 19.2. The molecule has 6 nitrogen and oxygen atoms in total. The average Bonchev–Trinajstić information content (AvgIpc) is 3.03. The Morgan fingerprint density at radius 3 is 2.74 bits per heavy atom. The Labute approximate surface area is 168 Å². The van der Waals surface area contributed by atoms with Crippen molar-refractivity contribution in [3.63, 3.8) is 0 Å². The molecule has 1 heterocycles. The first-order chi connectivity index (χ1) is 13.0. The molecule has 0 fully saturated rings. The van der Waals surface area contributed by atoms with Crippen LogP contribution in [0.1, 0.15) is 5.56 Å². The molecule has 1 aromatic heterocycles. The van der Waals surface area contributed by atoms with Crippen LogP contribution in [0.2, 0.25) is 0 Å². The van der Waals surface area contributed by atoms with E-state index in [1.165, 1.54) is 24.0 Å². The smallest absolute Gasteiger partial charge is 0.250 e. The Balaban J connectivity index is 1.56. The van der Waals surface area contributed by atoms with Gasteiger partial charge in [-0.15, -0.1) is 10.2 Å². The van der Waals surface area contributed by atoms with E-state index in [0.717, 1.165) is 10.0 Å². The number of aromatic nitrogens is 3. The van der Waals surface area contributed by atoms with Crippen molar-refractivity contribution in [2.24, 2.45) is 12.1 Å². The maximum absolute atomic E-state index is 13.5. The van der Waals surface area contributed by atoms with Gasteiger partial charge in [0.25, 0.3) is 5.91 Å². The lowest BCUT2D eigenvalue weighted by Crippen LogP contribution is -2.20. The van der Waals surface area contributed by atoms with Gasteiger partial charge in [-0.25, -0.2) is 9.82 Å². The highest BCUT2D eigenvalue weighted by Crippen LogP contribution is 2.23. The lowest BCUT2D eigenvalue weighted by molar-refractivity contribution is -0.118. The van der Waals surface area contributed by atoms with E-state index in [4.69, 9.17) is 0 Å². The minimum absolute atomic E-state index is 0.112.